The molecule has 19 heavy (non-hydrogen) atoms. The van der Waals surface area contributed by atoms with Crippen molar-refractivity contribution in [2.75, 3.05) is 0 Å². The summed E-state index contributed by atoms with van der Waals surface area (Å²) >= 11 is 0. The molecule has 1 N–H and O–H groups in total. The first-order valence-electron chi connectivity index (χ1n) is 6.92. The molecule has 1 amide bonds. The molecule has 5 nitrogen and oxygen atoms in total. The van der Waals surface area contributed by atoms with E-state index in [0.29, 0.717) is 6.42 Å². The molecule has 3 rings (SSSR count). The van der Waals surface area contributed by atoms with Gasteiger partial charge in [-0.3, -0.25) is 9.52 Å². The summed E-state index contributed by atoms with van der Waals surface area (Å²) in [4.78, 5) is 11.8. The number of carbonyl (C=O) groups is 1. The van der Waals surface area contributed by atoms with E-state index >= 15 is 0 Å². The van der Waals surface area contributed by atoms with Crippen LogP contribution >= 0.6 is 0 Å². The van der Waals surface area contributed by atoms with Gasteiger partial charge in [-0.05, 0) is 38.5 Å². The lowest BCUT2D eigenvalue weighted by Crippen LogP contribution is -2.42. The lowest BCUT2D eigenvalue weighted by Gasteiger charge is -2.19. The minimum absolute atomic E-state index is 0.0687. The largest absolute Gasteiger partial charge is 0.374 e. The van der Waals surface area contributed by atoms with E-state index in [-0.39, 0.29) is 18.6 Å². The van der Waals surface area contributed by atoms with Crippen molar-refractivity contribution in [1.82, 2.24) is 4.72 Å². The minimum Gasteiger partial charge on any atom is -0.374 e. The molecule has 3 atom stereocenters. The number of rotatable bonds is 4. The Morgan fingerprint density at radius 3 is 2.84 bits per heavy atom. The predicted octanol–water partition coefficient (Wildman–Crippen LogP) is 1.25. The van der Waals surface area contributed by atoms with Crippen molar-refractivity contribution in [2.45, 2.75) is 62.4 Å². The summed E-state index contributed by atoms with van der Waals surface area (Å²) in [5.74, 6) is -0.407. The number of carbonyl (C=O) groups excluding carboxylic acids is 1. The summed E-state index contributed by atoms with van der Waals surface area (Å²) in [7, 11) is -3.58. The van der Waals surface area contributed by atoms with Crippen molar-refractivity contribution >= 4 is 15.9 Å². The fraction of sp³-hybridized carbons (Fsp3) is 0.769. The van der Waals surface area contributed by atoms with Crippen LogP contribution in [0, 0.1) is 0 Å². The van der Waals surface area contributed by atoms with E-state index in [9.17, 15) is 13.2 Å². The topological polar surface area (TPSA) is 72.5 Å². The second-order valence-corrected chi connectivity index (χ2v) is 7.55. The Kier molecular flexibility index (Phi) is 3.39. The van der Waals surface area contributed by atoms with Gasteiger partial charge in [0, 0.05) is 6.42 Å². The summed E-state index contributed by atoms with van der Waals surface area (Å²) < 4.78 is 32.1. The zero-order chi connectivity index (χ0) is 13.5. The molecule has 106 valence electrons. The highest BCUT2D eigenvalue weighted by molar-refractivity contribution is 7.90. The molecule has 3 unspecified atom stereocenters. The summed E-state index contributed by atoms with van der Waals surface area (Å²) in [5, 5.41) is -0.548. The van der Waals surface area contributed by atoms with Crippen LogP contribution in [-0.2, 0) is 19.6 Å². The van der Waals surface area contributed by atoms with Crippen LogP contribution in [0.25, 0.3) is 0 Å². The highest BCUT2D eigenvalue weighted by atomic mass is 32.2. The summed E-state index contributed by atoms with van der Waals surface area (Å²) in [6.45, 7) is 0. The fourth-order valence-corrected chi connectivity index (χ4v) is 4.90. The van der Waals surface area contributed by atoms with E-state index in [1.54, 1.807) is 0 Å². The van der Waals surface area contributed by atoms with Crippen LogP contribution in [0.3, 0.4) is 0 Å². The summed E-state index contributed by atoms with van der Waals surface area (Å²) in [6, 6.07) is 0. The van der Waals surface area contributed by atoms with Crippen LogP contribution < -0.4 is 4.72 Å². The van der Waals surface area contributed by atoms with E-state index in [1.807, 2.05) is 6.08 Å². The molecule has 0 radical (unpaired) electrons. The third-order valence-corrected chi connectivity index (χ3v) is 6.03. The normalized spacial score (nSPS) is 33.5. The molecule has 1 aliphatic carbocycles. The highest BCUT2D eigenvalue weighted by Crippen LogP contribution is 2.37. The van der Waals surface area contributed by atoms with Gasteiger partial charge in [0.2, 0.25) is 15.9 Å². The second-order valence-electron chi connectivity index (χ2n) is 5.65. The maximum absolute atomic E-state index is 12.2. The maximum atomic E-state index is 12.2. The summed E-state index contributed by atoms with van der Waals surface area (Å²) in [5.41, 5.74) is 1.05. The number of ether oxygens (including phenoxy) is 1. The molecule has 2 saturated heterocycles. The van der Waals surface area contributed by atoms with Crippen LogP contribution in [0.2, 0.25) is 0 Å². The average molecular weight is 285 g/mol. The lowest BCUT2D eigenvalue weighted by atomic mass is 10.0. The molecule has 0 aromatic rings. The van der Waals surface area contributed by atoms with Gasteiger partial charge in [-0.25, -0.2) is 8.42 Å². The molecular formula is C13H19NO4S. The van der Waals surface area contributed by atoms with Crippen molar-refractivity contribution in [3.63, 3.8) is 0 Å². The van der Waals surface area contributed by atoms with Crippen LogP contribution in [-0.4, -0.2) is 31.8 Å². The second kappa shape index (κ2) is 4.90. The van der Waals surface area contributed by atoms with Crippen molar-refractivity contribution < 1.29 is 17.9 Å². The van der Waals surface area contributed by atoms with E-state index in [2.05, 4.69) is 4.72 Å². The molecule has 2 bridgehead atoms. The number of fused-ring (bicyclic) bond motifs is 2. The Balaban J connectivity index is 1.60. The number of nitrogens with one attached hydrogen (secondary N) is 1. The van der Waals surface area contributed by atoms with Crippen molar-refractivity contribution in [1.29, 1.82) is 0 Å². The highest BCUT2D eigenvalue weighted by Gasteiger charge is 2.47. The molecule has 6 heteroatoms. The zero-order valence-electron chi connectivity index (χ0n) is 10.8. The van der Waals surface area contributed by atoms with Gasteiger partial charge in [-0.2, -0.15) is 0 Å². The standard InChI is InChI=1S/C13H19NO4S/c15-13(7-9-3-1-2-4-9)14-19(16,17)12-8-10-5-6-11(12)18-10/h3,10-12H,1-2,4-8H2,(H,14,15). The number of allylic oxidation sites excluding steroid dienone is 1. The SMILES string of the molecule is O=C(CC1=CCCC1)NS(=O)(=O)C1CC2CCC1O2. The van der Waals surface area contributed by atoms with E-state index < -0.39 is 21.2 Å². The maximum Gasteiger partial charge on any atom is 0.240 e. The van der Waals surface area contributed by atoms with Gasteiger partial charge >= 0.3 is 0 Å². The Morgan fingerprint density at radius 2 is 2.26 bits per heavy atom. The molecule has 0 saturated carbocycles. The molecular weight excluding hydrogens is 266 g/mol. The van der Waals surface area contributed by atoms with Crippen molar-refractivity contribution in [3.05, 3.63) is 11.6 Å². The Morgan fingerprint density at radius 1 is 1.42 bits per heavy atom. The fourth-order valence-electron chi connectivity index (χ4n) is 3.29. The van der Waals surface area contributed by atoms with Crippen molar-refractivity contribution in [2.24, 2.45) is 0 Å². The first-order chi connectivity index (χ1) is 9.04. The zero-order valence-corrected chi connectivity index (χ0v) is 11.6. The first kappa shape index (κ1) is 13.1. The molecule has 2 fully saturated rings. The molecule has 2 aliphatic heterocycles. The van der Waals surface area contributed by atoms with Crippen molar-refractivity contribution in [3.8, 4) is 0 Å². The first-order valence-corrected chi connectivity index (χ1v) is 8.47. The van der Waals surface area contributed by atoms with Crippen LogP contribution in [0.4, 0.5) is 0 Å². The Hall–Kier alpha value is -0.880. The predicted molar refractivity (Wildman–Crippen MR) is 69.9 cm³/mol. The number of hydrogen-bond acceptors (Lipinski definition) is 4. The molecule has 0 aromatic carbocycles. The van der Waals surface area contributed by atoms with Gasteiger partial charge in [0.1, 0.15) is 5.25 Å². The Labute approximate surface area is 113 Å². The average Bonchev–Trinajstić information content (AvgIpc) is 3.03. The molecule has 0 spiro atoms. The third kappa shape index (κ3) is 2.69. The van der Waals surface area contributed by atoms with Gasteiger partial charge in [-0.15, -0.1) is 0 Å². The molecule has 0 aromatic heterocycles. The monoisotopic (exact) mass is 285 g/mol. The van der Waals surface area contributed by atoms with Crippen LogP contribution in [0.5, 0.6) is 0 Å². The number of amides is 1. The quantitative estimate of drug-likeness (QED) is 0.789. The van der Waals surface area contributed by atoms with Gasteiger partial charge < -0.3 is 4.74 Å². The lowest BCUT2D eigenvalue weighted by molar-refractivity contribution is -0.118. The van der Waals surface area contributed by atoms with E-state index in [4.69, 9.17) is 4.74 Å². The van der Waals surface area contributed by atoms with E-state index in [0.717, 1.165) is 37.7 Å². The van der Waals surface area contributed by atoms with Gasteiger partial charge in [0.15, 0.2) is 0 Å². The van der Waals surface area contributed by atoms with Gasteiger partial charge in [-0.1, -0.05) is 11.6 Å². The van der Waals surface area contributed by atoms with Gasteiger partial charge in [0.25, 0.3) is 0 Å². The van der Waals surface area contributed by atoms with E-state index in [1.165, 1.54) is 0 Å². The molecule has 2 heterocycles. The third-order valence-electron chi connectivity index (χ3n) is 4.23. The summed E-state index contributed by atoms with van der Waals surface area (Å²) in [6.07, 6.45) is 7.31. The Bertz CT molecular complexity index is 511. The van der Waals surface area contributed by atoms with Crippen LogP contribution in [0.15, 0.2) is 11.6 Å². The molecule has 3 aliphatic rings. The van der Waals surface area contributed by atoms with Crippen LogP contribution in [0.1, 0.15) is 44.9 Å². The van der Waals surface area contributed by atoms with Gasteiger partial charge in [0.05, 0.1) is 12.2 Å². The smallest absolute Gasteiger partial charge is 0.240 e. The minimum atomic E-state index is -3.58. The number of hydrogen-bond donors (Lipinski definition) is 1. The number of sulfonamides is 1.